The molecule has 0 spiro atoms. The Morgan fingerprint density at radius 2 is 2.03 bits per heavy atom. The predicted molar refractivity (Wildman–Crippen MR) is 105 cm³/mol. The molecule has 1 aromatic carbocycles. The summed E-state index contributed by atoms with van der Waals surface area (Å²) in [6, 6.07) is 8.99. The van der Waals surface area contributed by atoms with Gasteiger partial charge in [-0.3, -0.25) is 9.59 Å². The summed E-state index contributed by atoms with van der Waals surface area (Å²) < 4.78 is 26.2. The van der Waals surface area contributed by atoms with Crippen LogP contribution in [0.2, 0.25) is 0 Å². The topological polar surface area (TPSA) is 62.3 Å². The highest BCUT2D eigenvalue weighted by Gasteiger charge is 2.25. The van der Waals surface area contributed by atoms with Crippen LogP contribution in [0.25, 0.3) is 0 Å². The zero-order chi connectivity index (χ0) is 20.8. The Morgan fingerprint density at radius 3 is 2.79 bits per heavy atom. The maximum atomic E-state index is 13.2. The first-order valence-electron chi connectivity index (χ1n) is 9.86. The van der Waals surface area contributed by atoms with E-state index in [4.69, 9.17) is 0 Å². The van der Waals surface area contributed by atoms with E-state index in [1.165, 1.54) is 6.07 Å². The van der Waals surface area contributed by atoms with Crippen LogP contribution in [0.5, 0.6) is 0 Å². The number of hydrogen-bond donors (Lipinski definition) is 1. The van der Waals surface area contributed by atoms with Gasteiger partial charge in [0, 0.05) is 31.7 Å². The van der Waals surface area contributed by atoms with Gasteiger partial charge < -0.3 is 10.2 Å². The van der Waals surface area contributed by atoms with E-state index < -0.39 is 11.6 Å². The molecule has 1 aromatic heterocycles. The van der Waals surface area contributed by atoms with Crippen molar-refractivity contribution in [1.29, 1.82) is 0 Å². The number of amides is 2. The van der Waals surface area contributed by atoms with Crippen molar-refractivity contribution >= 4 is 11.8 Å². The van der Waals surface area contributed by atoms with E-state index >= 15 is 0 Å². The van der Waals surface area contributed by atoms with E-state index in [2.05, 4.69) is 10.3 Å². The minimum Gasteiger partial charge on any atom is -0.352 e. The Morgan fingerprint density at radius 1 is 1.21 bits per heavy atom. The minimum atomic E-state index is -0.924. The van der Waals surface area contributed by atoms with Crippen LogP contribution in [-0.4, -0.2) is 34.8 Å². The van der Waals surface area contributed by atoms with Crippen molar-refractivity contribution in [3.63, 3.8) is 0 Å². The number of nitrogens with zero attached hydrogens (tertiary/aromatic N) is 2. The molecule has 5 nitrogen and oxygen atoms in total. The van der Waals surface area contributed by atoms with Crippen LogP contribution in [0.15, 0.2) is 36.4 Å². The summed E-state index contributed by atoms with van der Waals surface area (Å²) in [6.07, 6.45) is 2.88. The Labute approximate surface area is 169 Å². The third-order valence-corrected chi connectivity index (χ3v) is 5.17. The fourth-order valence-corrected chi connectivity index (χ4v) is 3.58. The van der Waals surface area contributed by atoms with Gasteiger partial charge in [0.1, 0.15) is 5.69 Å². The van der Waals surface area contributed by atoms with Crippen LogP contribution in [0.3, 0.4) is 0 Å². The first-order chi connectivity index (χ1) is 13.9. The number of hydrogen-bond acceptors (Lipinski definition) is 3. The molecule has 29 heavy (non-hydrogen) atoms. The van der Waals surface area contributed by atoms with Gasteiger partial charge in [-0.25, -0.2) is 13.8 Å². The highest BCUT2D eigenvalue weighted by molar-refractivity contribution is 5.92. The molecule has 1 aliphatic heterocycles. The van der Waals surface area contributed by atoms with Gasteiger partial charge in [0.2, 0.25) is 5.91 Å². The highest BCUT2D eigenvalue weighted by Crippen LogP contribution is 2.22. The lowest BCUT2D eigenvalue weighted by molar-refractivity contribution is -0.121. The van der Waals surface area contributed by atoms with Crippen LogP contribution in [-0.2, 0) is 11.3 Å². The highest BCUT2D eigenvalue weighted by atomic mass is 19.2. The second kappa shape index (κ2) is 9.58. The lowest BCUT2D eigenvalue weighted by Crippen LogP contribution is -2.40. The molecular weight excluding hydrogens is 376 g/mol. The molecule has 1 unspecified atom stereocenters. The predicted octanol–water partition coefficient (Wildman–Crippen LogP) is 3.62. The molecule has 1 fully saturated rings. The molecule has 1 saturated heterocycles. The van der Waals surface area contributed by atoms with Crippen LogP contribution in [0.4, 0.5) is 8.78 Å². The van der Waals surface area contributed by atoms with E-state index in [0.29, 0.717) is 37.2 Å². The SMILES string of the molecule is Cc1cccc(C(=O)N2CCCC(CCC(=O)NCc3ccc(F)c(F)c3)C2)n1. The average molecular weight is 401 g/mol. The first-order valence-corrected chi connectivity index (χ1v) is 9.86. The Balaban J connectivity index is 1.45. The third-order valence-electron chi connectivity index (χ3n) is 5.17. The summed E-state index contributed by atoms with van der Waals surface area (Å²) in [6.45, 7) is 3.33. The molecule has 3 rings (SSSR count). The molecule has 2 heterocycles. The van der Waals surface area contributed by atoms with Crippen molar-refractivity contribution in [2.45, 2.75) is 39.2 Å². The number of piperidine rings is 1. The van der Waals surface area contributed by atoms with Crippen molar-refractivity contribution in [2.75, 3.05) is 13.1 Å². The maximum absolute atomic E-state index is 13.2. The number of halogens is 2. The molecule has 0 saturated carbocycles. The lowest BCUT2D eigenvalue weighted by atomic mass is 9.93. The number of aromatic nitrogens is 1. The molecular formula is C22H25F2N3O2. The second-order valence-corrected chi connectivity index (χ2v) is 7.49. The van der Waals surface area contributed by atoms with Gasteiger partial charge in [0.15, 0.2) is 11.6 Å². The summed E-state index contributed by atoms with van der Waals surface area (Å²) in [7, 11) is 0. The lowest BCUT2D eigenvalue weighted by Gasteiger charge is -2.32. The van der Waals surface area contributed by atoms with Crippen LogP contribution in [0.1, 0.15) is 47.4 Å². The normalized spacial score (nSPS) is 16.5. The summed E-state index contributed by atoms with van der Waals surface area (Å²) in [5.41, 5.74) is 1.77. The zero-order valence-electron chi connectivity index (χ0n) is 16.5. The average Bonchev–Trinajstić information content (AvgIpc) is 2.72. The maximum Gasteiger partial charge on any atom is 0.272 e. The van der Waals surface area contributed by atoms with Gasteiger partial charge in [-0.2, -0.15) is 0 Å². The van der Waals surface area contributed by atoms with E-state index in [0.717, 1.165) is 30.7 Å². The van der Waals surface area contributed by atoms with E-state index in [9.17, 15) is 18.4 Å². The quantitative estimate of drug-likeness (QED) is 0.804. The number of carbonyl (C=O) groups is 2. The van der Waals surface area contributed by atoms with Gasteiger partial charge in [0.05, 0.1) is 0 Å². The molecule has 0 bridgehead atoms. The third kappa shape index (κ3) is 5.82. The Kier molecular flexibility index (Phi) is 6.90. The Bertz CT molecular complexity index is 888. The van der Waals surface area contributed by atoms with Gasteiger partial charge in [-0.1, -0.05) is 12.1 Å². The second-order valence-electron chi connectivity index (χ2n) is 7.49. The number of carbonyl (C=O) groups excluding carboxylic acids is 2. The number of aryl methyl sites for hydroxylation is 1. The number of rotatable bonds is 6. The molecule has 0 aliphatic carbocycles. The number of nitrogens with one attached hydrogen (secondary N) is 1. The summed E-state index contributed by atoms with van der Waals surface area (Å²) in [5.74, 6) is -1.78. The van der Waals surface area contributed by atoms with E-state index in [1.807, 2.05) is 24.0 Å². The summed E-state index contributed by atoms with van der Waals surface area (Å²) in [5, 5.41) is 2.73. The van der Waals surface area contributed by atoms with Crippen LogP contribution in [0, 0.1) is 24.5 Å². The molecule has 1 N–H and O–H groups in total. The van der Waals surface area contributed by atoms with Crippen molar-refractivity contribution < 1.29 is 18.4 Å². The minimum absolute atomic E-state index is 0.0683. The van der Waals surface area contributed by atoms with Gasteiger partial charge in [0.25, 0.3) is 5.91 Å². The van der Waals surface area contributed by atoms with Crippen molar-refractivity contribution in [1.82, 2.24) is 15.2 Å². The van der Waals surface area contributed by atoms with Gasteiger partial charge in [-0.05, 0) is 61.9 Å². The molecule has 154 valence electrons. The number of likely N-dealkylation sites (tertiary alicyclic amines) is 1. The van der Waals surface area contributed by atoms with Gasteiger partial charge in [-0.15, -0.1) is 0 Å². The van der Waals surface area contributed by atoms with Crippen molar-refractivity contribution in [3.05, 3.63) is 65.0 Å². The fraction of sp³-hybridized carbons (Fsp3) is 0.409. The summed E-state index contributed by atoms with van der Waals surface area (Å²) >= 11 is 0. The number of benzene rings is 1. The monoisotopic (exact) mass is 401 g/mol. The van der Waals surface area contributed by atoms with Gasteiger partial charge >= 0.3 is 0 Å². The molecule has 7 heteroatoms. The molecule has 1 atom stereocenters. The number of pyridine rings is 1. The standard InChI is InChI=1S/C22H25F2N3O2/c1-15-4-2-6-20(26-15)22(29)27-11-3-5-16(14-27)8-10-21(28)25-13-17-7-9-18(23)19(24)12-17/h2,4,6-7,9,12,16H,3,5,8,10-11,13-14H2,1H3,(H,25,28). The van der Waals surface area contributed by atoms with Crippen molar-refractivity contribution in [2.24, 2.45) is 5.92 Å². The van der Waals surface area contributed by atoms with E-state index in [-0.39, 0.29) is 24.3 Å². The largest absolute Gasteiger partial charge is 0.352 e. The molecule has 0 radical (unpaired) electrons. The molecule has 2 aromatic rings. The Hall–Kier alpha value is -2.83. The fourth-order valence-electron chi connectivity index (χ4n) is 3.58. The molecule has 2 amide bonds. The van der Waals surface area contributed by atoms with Crippen molar-refractivity contribution in [3.8, 4) is 0 Å². The smallest absolute Gasteiger partial charge is 0.272 e. The van der Waals surface area contributed by atoms with E-state index in [1.54, 1.807) is 6.07 Å². The first kappa shape index (κ1) is 20.9. The molecule has 1 aliphatic rings. The zero-order valence-corrected chi connectivity index (χ0v) is 16.5. The van der Waals surface area contributed by atoms with Crippen LogP contribution >= 0.6 is 0 Å². The summed E-state index contributed by atoms with van der Waals surface area (Å²) in [4.78, 5) is 30.9. The van der Waals surface area contributed by atoms with Crippen LogP contribution < -0.4 is 5.32 Å².